The van der Waals surface area contributed by atoms with Crippen molar-refractivity contribution in [2.45, 2.75) is 26.3 Å². The molecule has 0 heterocycles. The molecule has 0 radical (unpaired) electrons. The molecule has 1 aromatic rings. The van der Waals surface area contributed by atoms with Crippen molar-refractivity contribution >= 4 is 5.78 Å². The van der Waals surface area contributed by atoms with E-state index in [1.54, 1.807) is 6.92 Å². The molecule has 2 heteroatoms. The van der Waals surface area contributed by atoms with Gasteiger partial charge in [-0.05, 0) is 12.5 Å². The molecule has 18 heavy (non-hydrogen) atoms. The van der Waals surface area contributed by atoms with Crippen molar-refractivity contribution in [3.63, 3.8) is 0 Å². The molecule has 2 nitrogen and oxygen atoms in total. The van der Waals surface area contributed by atoms with Crippen molar-refractivity contribution in [3.05, 3.63) is 48.0 Å². The molecule has 0 unspecified atom stereocenters. The number of nitrogens with zero attached hydrogens (tertiary/aromatic N) is 1. The summed E-state index contributed by atoms with van der Waals surface area (Å²) in [6, 6.07) is 10.5. The first-order valence-electron chi connectivity index (χ1n) is 6.45. The number of hydrogen-bond donors (Lipinski definition) is 0. The Kier molecular flexibility index (Phi) is 5.29. The van der Waals surface area contributed by atoms with Crippen LogP contribution in [0.5, 0.6) is 0 Å². The Balaban J connectivity index is 2.40. The quantitative estimate of drug-likeness (QED) is 0.533. The minimum absolute atomic E-state index is 0.190. The van der Waals surface area contributed by atoms with Crippen LogP contribution in [-0.2, 0) is 11.3 Å². The normalized spacial score (nSPS) is 11.3. The topological polar surface area (TPSA) is 17.1 Å². The zero-order valence-electron chi connectivity index (χ0n) is 11.8. The lowest BCUT2D eigenvalue weighted by molar-refractivity contribution is -0.903. The summed E-state index contributed by atoms with van der Waals surface area (Å²) in [4.78, 5) is 11.5. The van der Waals surface area contributed by atoms with Crippen molar-refractivity contribution in [2.24, 2.45) is 0 Å². The third kappa shape index (κ3) is 5.28. The Morgan fingerprint density at radius 2 is 1.83 bits per heavy atom. The van der Waals surface area contributed by atoms with Crippen molar-refractivity contribution in [3.8, 4) is 0 Å². The second-order valence-electron chi connectivity index (χ2n) is 5.61. The summed E-state index contributed by atoms with van der Waals surface area (Å²) in [5.74, 6) is 0.190. The predicted molar refractivity (Wildman–Crippen MR) is 76.2 cm³/mol. The number of allylic oxidation sites excluding steroid dienone is 1. The molecule has 0 N–H and O–H groups in total. The Morgan fingerprint density at radius 3 is 2.39 bits per heavy atom. The summed E-state index contributed by atoms with van der Waals surface area (Å²) in [6.45, 7) is 7.48. The second kappa shape index (κ2) is 6.50. The van der Waals surface area contributed by atoms with Gasteiger partial charge in [0.05, 0.1) is 20.6 Å². The molecule has 0 atom stereocenters. The van der Waals surface area contributed by atoms with E-state index in [1.165, 1.54) is 5.56 Å². The molecule has 1 rings (SSSR count). The van der Waals surface area contributed by atoms with E-state index >= 15 is 0 Å². The van der Waals surface area contributed by atoms with E-state index < -0.39 is 0 Å². The number of hydrogen-bond acceptors (Lipinski definition) is 1. The Hall–Kier alpha value is -1.41. The highest BCUT2D eigenvalue weighted by Gasteiger charge is 2.16. The SMILES string of the molecule is C=C(C)C(=O)CCC[N+](C)(C)Cc1ccccc1. The minimum Gasteiger partial charge on any atom is -0.325 e. The fourth-order valence-corrected chi connectivity index (χ4v) is 2.04. The van der Waals surface area contributed by atoms with E-state index in [0.717, 1.165) is 24.0 Å². The van der Waals surface area contributed by atoms with Gasteiger partial charge in [0.2, 0.25) is 0 Å². The van der Waals surface area contributed by atoms with Crippen LogP contribution in [0, 0.1) is 0 Å². The zero-order chi connectivity index (χ0) is 13.6. The monoisotopic (exact) mass is 246 g/mol. The fraction of sp³-hybridized carbons (Fsp3) is 0.438. The first kappa shape index (κ1) is 14.7. The summed E-state index contributed by atoms with van der Waals surface area (Å²) >= 11 is 0. The number of Topliss-reactive ketones (excluding diaryl/α,β-unsaturated/α-hetero) is 1. The predicted octanol–water partition coefficient (Wildman–Crippen LogP) is 3.19. The molecule has 0 saturated carbocycles. The van der Waals surface area contributed by atoms with Crippen LogP contribution in [0.2, 0.25) is 0 Å². The van der Waals surface area contributed by atoms with Crippen molar-refractivity contribution in [1.82, 2.24) is 0 Å². The molecule has 0 fully saturated rings. The highest BCUT2D eigenvalue weighted by molar-refractivity contribution is 5.93. The van der Waals surface area contributed by atoms with Gasteiger partial charge in [-0.2, -0.15) is 0 Å². The number of carbonyl (C=O) groups excluding carboxylic acids is 1. The number of benzene rings is 1. The van der Waals surface area contributed by atoms with Crippen LogP contribution in [0.25, 0.3) is 0 Å². The van der Waals surface area contributed by atoms with Crippen LogP contribution < -0.4 is 0 Å². The summed E-state index contributed by atoms with van der Waals surface area (Å²) < 4.78 is 0.910. The van der Waals surface area contributed by atoms with Gasteiger partial charge >= 0.3 is 0 Å². The summed E-state index contributed by atoms with van der Waals surface area (Å²) in [5, 5.41) is 0. The third-order valence-corrected chi connectivity index (χ3v) is 3.10. The molecule has 0 aromatic heterocycles. The van der Waals surface area contributed by atoms with E-state index in [0.29, 0.717) is 12.0 Å². The van der Waals surface area contributed by atoms with Gasteiger partial charge in [0, 0.05) is 18.4 Å². The van der Waals surface area contributed by atoms with Gasteiger partial charge in [-0.25, -0.2) is 0 Å². The Morgan fingerprint density at radius 1 is 1.22 bits per heavy atom. The van der Waals surface area contributed by atoms with Gasteiger partial charge in [0.25, 0.3) is 0 Å². The number of carbonyl (C=O) groups is 1. The second-order valence-corrected chi connectivity index (χ2v) is 5.61. The molecule has 0 aliphatic carbocycles. The standard InChI is InChI=1S/C16H24NO/c1-14(2)16(18)11-8-12-17(3,4)13-15-9-6-5-7-10-15/h5-7,9-10H,1,8,11-13H2,2-4H3/q+1. The van der Waals surface area contributed by atoms with Crippen LogP contribution in [-0.4, -0.2) is 30.9 Å². The lowest BCUT2D eigenvalue weighted by Crippen LogP contribution is -2.39. The van der Waals surface area contributed by atoms with Crippen LogP contribution in [0.15, 0.2) is 42.5 Å². The molecule has 0 bridgehead atoms. The minimum atomic E-state index is 0.190. The lowest BCUT2D eigenvalue weighted by Gasteiger charge is -2.29. The highest BCUT2D eigenvalue weighted by atomic mass is 16.1. The third-order valence-electron chi connectivity index (χ3n) is 3.10. The molecule has 1 aromatic carbocycles. The first-order chi connectivity index (χ1) is 8.41. The number of ketones is 1. The maximum absolute atomic E-state index is 11.5. The van der Waals surface area contributed by atoms with Gasteiger partial charge in [-0.15, -0.1) is 0 Å². The van der Waals surface area contributed by atoms with Gasteiger partial charge < -0.3 is 4.48 Å². The molecule has 0 aliphatic heterocycles. The van der Waals surface area contributed by atoms with Crippen LogP contribution >= 0.6 is 0 Å². The fourth-order valence-electron chi connectivity index (χ4n) is 2.04. The van der Waals surface area contributed by atoms with Crippen molar-refractivity contribution < 1.29 is 9.28 Å². The molecule has 0 spiro atoms. The van der Waals surface area contributed by atoms with E-state index in [-0.39, 0.29) is 5.78 Å². The van der Waals surface area contributed by atoms with Crippen molar-refractivity contribution in [2.75, 3.05) is 20.6 Å². The average Bonchev–Trinajstić information content (AvgIpc) is 2.29. The Labute approximate surface area is 111 Å². The summed E-state index contributed by atoms with van der Waals surface area (Å²) in [5.41, 5.74) is 2.01. The van der Waals surface area contributed by atoms with E-state index in [4.69, 9.17) is 0 Å². The van der Waals surface area contributed by atoms with Crippen molar-refractivity contribution in [1.29, 1.82) is 0 Å². The largest absolute Gasteiger partial charge is 0.325 e. The number of quaternary nitrogens is 1. The van der Waals surface area contributed by atoms with Gasteiger partial charge in [0.15, 0.2) is 5.78 Å². The van der Waals surface area contributed by atoms with E-state index in [9.17, 15) is 4.79 Å². The molecule has 98 valence electrons. The molecular weight excluding hydrogens is 222 g/mol. The molecular formula is C16H24NO+. The average molecular weight is 246 g/mol. The van der Waals surface area contributed by atoms with Gasteiger partial charge in [0.1, 0.15) is 6.54 Å². The van der Waals surface area contributed by atoms with Gasteiger partial charge in [-0.1, -0.05) is 36.9 Å². The molecule has 0 amide bonds. The maximum atomic E-state index is 11.5. The van der Waals surface area contributed by atoms with Crippen LogP contribution in [0.4, 0.5) is 0 Å². The highest BCUT2D eigenvalue weighted by Crippen LogP contribution is 2.11. The zero-order valence-corrected chi connectivity index (χ0v) is 11.8. The molecule has 0 aliphatic rings. The smallest absolute Gasteiger partial charge is 0.158 e. The van der Waals surface area contributed by atoms with Crippen LogP contribution in [0.1, 0.15) is 25.3 Å². The lowest BCUT2D eigenvalue weighted by atomic mass is 10.1. The number of rotatable bonds is 7. The first-order valence-corrected chi connectivity index (χ1v) is 6.45. The summed E-state index contributed by atoms with van der Waals surface area (Å²) in [7, 11) is 4.41. The summed E-state index contributed by atoms with van der Waals surface area (Å²) in [6.07, 6.45) is 1.54. The van der Waals surface area contributed by atoms with E-state index in [1.807, 2.05) is 6.07 Å². The maximum Gasteiger partial charge on any atom is 0.158 e. The van der Waals surface area contributed by atoms with E-state index in [2.05, 4.69) is 44.9 Å². The van der Waals surface area contributed by atoms with Crippen LogP contribution in [0.3, 0.4) is 0 Å². The van der Waals surface area contributed by atoms with Gasteiger partial charge in [-0.3, -0.25) is 4.79 Å². The molecule has 0 saturated heterocycles. The Bertz CT molecular complexity index is 406.